The van der Waals surface area contributed by atoms with E-state index in [4.69, 9.17) is 0 Å². The summed E-state index contributed by atoms with van der Waals surface area (Å²) in [5.41, 5.74) is 1.73. The summed E-state index contributed by atoms with van der Waals surface area (Å²) in [6.45, 7) is 2.55. The Morgan fingerprint density at radius 3 is 2.64 bits per heavy atom. The van der Waals surface area contributed by atoms with Gasteiger partial charge >= 0.3 is 0 Å². The highest BCUT2D eigenvalue weighted by molar-refractivity contribution is 5.99. The van der Waals surface area contributed by atoms with E-state index in [2.05, 4.69) is 5.32 Å². The maximum Gasteiger partial charge on any atom is 0.250 e. The minimum absolute atomic E-state index is 0.0893. The fourth-order valence-corrected chi connectivity index (χ4v) is 2.98. The van der Waals surface area contributed by atoms with Gasteiger partial charge in [0.05, 0.1) is 0 Å². The molecule has 1 aromatic carbocycles. The number of carbonyl (C=O) groups excluding carboxylic acids is 2. The summed E-state index contributed by atoms with van der Waals surface area (Å²) >= 11 is 0. The van der Waals surface area contributed by atoms with Gasteiger partial charge in [0.25, 0.3) is 5.56 Å². The smallest absolute Gasteiger partial charge is 0.250 e. The van der Waals surface area contributed by atoms with Crippen molar-refractivity contribution in [3.8, 4) is 0 Å². The molecule has 6 nitrogen and oxygen atoms in total. The first-order valence-electron chi connectivity index (χ1n) is 8.37. The van der Waals surface area contributed by atoms with E-state index in [9.17, 15) is 14.4 Å². The summed E-state index contributed by atoms with van der Waals surface area (Å²) in [5, 5.41) is 2.77. The van der Waals surface area contributed by atoms with E-state index in [0.29, 0.717) is 13.0 Å². The predicted molar refractivity (Wildman–Crippen MR) is 95.4 cm³/mol. The third kappa shape index (κ3) is 3.96. The molecule has 2 heterocycles. The lowest BCUT2D eigenvalue weighted by Crippen LogP contribution is -2.53. The minimum Gasteiger partial charge on any atom is -0.343 e. The zero-order chi connectivity index (χ0) is 17.8. The Balaban J connectivity index is 1.67. The van der Waals surface area contributed by atoms with Gasteiger partial charge in [-0.05, 0) is 38.0 Å². The number of anilines is 1. The lowest BCUT2D eigenvalue weighted by atomic mass is 10.0. The molecule has 1 aliphatic rings. The summed E-state index contributed by atoms with van der Waals surface area (Å²) in [6.07, 6.45) is 2.98. The number of piperidine rings is 1. The second-order valence-corrected chi connectivity index (χ2v) is 6.25. The van der Waals surface area contributed by atoms with E-state index >= 15 is 0 Å². The predicted octanol–water partition coefficient (Wildman–Crippen LogP) is 1.47. The number of rotatable bonds is 4. The molecule has 0 aliphatic carbocycles. The summed E-state index contributed by atoms with van der Waals surface area (Å²) in [4.78, 5) is 38.3. The third-order valence-electron chi connectivity index (χ3n) is 4.33. The van der Waals surface area contributed by atoms with Crippen molar-refractivity contribution in [2.24, 2.45) is 0 Å². The molecular formula is C19H21N3O3. The first-order chi connectivity index (χ1) is 12.0. The fraction of sp³-hybridized carbons (Fsp3) is 0.316. The average molecular weight is 339 g/mol. The highest BCUT2D eigenvalue weighted by Crippen LogP contribution is 2.21. The lowest BCUT2D eigenvalue weighted by molar-refractivity contribution is -0.128. The number of pyridine rings is 1. The standard InChI is InChI=1S/C19H21N3O3/c1-14-7-9-15(10-8-14)22-12-4-5-16(19(22)25)20-17(23)13-21-11-3-2-6-18(21)24/h2-3,6-11,16H,4-5,12-13H2,1H3,(H,20,23)/t16-/m1/s1. The average Bonchev–Trinajstić information content (AvgIpc) is 2.60. The molecule has 1 atom stereocenters. The Bertz CT molecular complexity index is 826. The van der Waals surface area contributed by atoms with Gasteiger partial charge in [0, 0.05) is 24.5 Å². The summed E-state index contributed by atoms with van der Waals surface area (Å²) < 4.78 is 1.32. The molecule has 25 heavy (non-hydrogen) atoms. The monoisotopic (exact) mass is 339 g/mol. The van der Waals surface area contributed by atoms with Gasteiger partial charge < -0.3 is 14.8 Å². The van der Waals surface area contributed by atoms with Crippen molar-refractivity contribution in [3.05, 3.63) is 64.6 Å². The number of hydrogen-bond donors (Lipinski definition) is 1. The van der Waals surface area contributed by atoms with Crippen molar-refractivity contribution in [2.45, 2.75) is 32.4 Å². The van der Waals surface area contributed by atoms with Crippen molar-refractivity contribution in [3.63, 3.8) is 0 Å². The quantitative estimate of drug-likeness (QED) is 0.917. The molecule has 1 aliphatic heterocycles. The zero-order valence-electron chi connectivity index (χ0n) is 14.1. The third-order valence-corrected chi connectivity index (χ3v) is 4.33. The van der Waals surface area contributed by atoms with Crippen LogP contribution in [0.1, 0.15) is 18.4 Å². The lowest BCUT2D eigenvalue weighted by Gasteiger charge is -2.32. The van der Waals surface area contributed by atoms with Crippen LogP contribution in [-0.2, 0) is 16.1 Å². The Kier molecular flexibility index (Phi) is 4.97. The van der Waals surface area contributed by atoms with Crippen molar-refractivity contribution in [1.82, 2.24) is 9.88 Å². The molecule has 2 amide bonds. The Labute approximate surface area is 146 Å². The van der Waals surface area contributed by atoms with E-state index in [1.165, 1.54) is 10.6 Å². The molecule has 0 saturated carbocycles. The van der Waals surface area contributed by atoms with Crippen LogP contribution in [0.2, 0.25) is 0 Å². The second-order valence-electron chi connectivity index (χ2n) is 6.25. The SMILES string of the molecule is Cc1ccc(N2CCC[C@@H](NC(=O)Cn3ccccc3=O)C2=O)cc1. The second kappa shape index (κ2) is 7.34. The van der Waals surface area contributed by atoms with Gasteiger partial charge in [-0.25, -0.2) is 0 Å². The number of nitrogens with zero attached hydrogens (tertiary/aromatic N) is 2. The summed E-state index contributed by atoms with van der Waals surface area (Å²) in [7, 11) is 0. The Morgan fingerprint density at radius 1 is 1.16 bits per heavy atom. The first-order valence-corrected chi connectivity index (χ1v) is 8.37. The molecule has 3 rings (SSSR count). The van der Waals surface area contributed by atoms with Crippen LogP contribution in [0.15, 0.2) is 53.5 Å². The van der Waals surface area contributed by atoms with Crippen molar-refractivity contribution >= 4 is 17.5 Å². The molecule has 1 saturated heterocycles. The fourth-order valence-electron chi connectivity index (χ4n) is 2.98. The van der Waals surface area contributed by atoms with Gasteiger partial charge in [0.15, 0.2) is 0 Å². The van der Waals surface area contributed by atoms with Crippen LogP contribution in [0, 0.1) is 6.92 Å². The van der Waals surface area contributed by atoms with Crippen LogP contribution in [0.3, 0.4) is 0 Å². The van der Waals surface area contributed by atoms with Gasteiger partial charge in [0.2, 0.25) is 11.8 Å². The molecule has 6 heteroatoms. The molecule has 0 radical (unpaired) electrons. The first kappa shape index (κ1) is 17.0. The van der Waals surface area contributed by atoms with E-state index in [0.717, 1.165) is 17.7 Å². The normalized spacial score (nSPS) is 17.4. The zero-order valence-corrected chi connectivity index (χ0v) is 14.1. The molecular weight excluding hydrogens is 318 g/mol. The van der Waals surface area contributed by atoms with Crippen LogP contribution in [0.5, 0.6) is 0 Å². The Hall–Kier alpha value is -2.89. The summed E-state index contributed by atoms with van der Waals surface area (Å²) in [5.74, 6) is -0.443. The van der Waals surface area contributed by atoms with Crippen LogP contribution >= 0.6 is 0 Å². The topological polar surface area (TPSA) is 71.4 Å². The van der Waals surface area contributed by atoms with Crippen molar-refractivity contribution in [2.75, 3.05) is 11.4 Å². The van der Waals surface area contributed by atoms with Crippen LogP contribution in [0.25, 0.3) is 0 Å². The van der Waals surface area contributed by atoms with Crippen LogP contribution in [-0.4, -0.2) is 29.0 Å². The highest BCUT2D eigenvalue weighted by Gasteiger charge is 2.30. The molecule has 0 unspecified atom stereocenters. The van der Waals surface area contributed by atoms with E-state index in [1.807, 2.05) is 31.2 Å². The van der Waals surface area contributed by atoms with Crippen molar-refractivity contribution in [1.29, 1.82) is 0 Å². The number of nitrogens with one attached hydrogen (secondary N) is 1. The van der Waals surface area contributed by atoms with Gasteiger partial charge in [-0.3, -0.25) is 14.4 Å². The van der Waals surface area contributed by atoms with Gasteiger partial charge in [-0.2, -0.15) is 0 Å². The Morgan fingerprint density at radius 2 is 1.92 bits per heavy atom. The summed E-state index contributed by atoms with van der Waals surface area (Å²) in [6, 6.07) is 11.9. The van der Waals surface area contributed by atoms with Gasteiger partial charge in [0.1, 0.15) is 12.6 Å². The van der Waals surface area contributed by atoms with Gasteiger partial charge in [-0.1, -0.05) is 23.8 Å². The van der Waals surface area contributed by atoms with Crippen LogP contribution in [0.4, 0.5) is 5.69 Å². The largest absolute Gasteiger partial charge is 0.343 e. The minimum atomic E-state index is -0.554. The molecule has 0 spiro atoms. The van der Waals surface area contributed by atoms with E-state index in [1.54, 1.807) is 23.2 Å². The maximum absolute atomic E-state index is 12.7. The molecule has 130 valence electrons. The molecule has 1 aromatic heterocycles. The van der Waals surface area contributed by atoms with Gasteiger partial charge in [-0.15, -0.1) is 0 Å². The van der Waals surface area contributed by atoms with E-state index in [-0.39, 0.29) is 23.9 Å². The molecule has 1 N–H and O–H groups in total. The number of aromatic nitrogens is 1. The number of hydrogen-bond acceptors (Lipinski definition) is 3. The molecule has 0 bridgehead atoms. The highest BCUT2D eigenvalue weighted by atomic mass is 16.2. The number of carbonyl (C=O) groups is 2. The molecule has 1 fully saturated rings. The number of amides is 2. The number of benzene rings is 1. The maximum atomic E-state index is 12.7. The number of aryl methyl sites for hydroxylation is 1. The van der Waals surface area contributed by atoms with Crippen LogP contribution < -0.4 is 15.8 Å². The molecule has 2 aromatic rings. The van der Waals surface area contributed by atoms with E-state index < -0.39 is 6.04 Å². The van der Waals surface area contributed by atoms with Crippen molar-refractivity contribution < 1.29 is 9.59 Å².